The van der Waals surface area contributed by atoms with E-state index in [0.29, 0.717) is 5.75 Å². The van der Waals surface area contributed by atoms with Crippen LogP contribution in [0.15, 0.2) is 36.4 Å². The maximum Gasteiger partial charge on any atom is 0.341 e. The number of hydrogen-bond donors (Lipinski definition) is 2. The van der Waals surface area contributed by atoms with E-state index in [9.17, 15) is 9.18 Å². The maximum atomic E-state index is 13.3. The monoisotopic (exact) mass is 261 g/mol. The Kier molecular flexibility index (Phi) is 3.37. The van der Waals surface area contributed by atoms with E-state index in [1.807, 2.05) is 13.0 Å². The van der Waals surface area contributed by atoms with E-state index < -0.39 is 17.5 Å². The number of rotatable bonds is 3. The van der Waals surface area contributed by atoms with E-state index in [4.69, 9.17) is 15.6 Å². The minimum atomic E-state index is -1.33. The number of halogens is 1. The van der Waals surface area contributed by atoms with Crippen LogP contribution in [0.1, 0.15) is 15.9 Å². The number of nitrogen functional groups attached to an aromatic ring is 1. The highest BCUT2D eigenvalue weighted by Gasteiger charge is 2.19. The summed E-state index contributed by atoms with van der Waals surface area (Å²) in [6, 6.07) is 9.40. The van der Waals surface area contributed by atoms with Gasteiger partial charge >= 0.3 is 5.97 Å². The number of aromatic carboxylic acids is 1. The predicted octanol–water partition coefficient (Wildman–Crippen LogP) is 3.21. The minimum Gasteiger partial charge on any atom is -0.477 e. The SMILES string of the molecule is Cc1cccc(Oc2ccc(F)c(N)c2C(=O)O)c1. The molecule has 0 saturated heterocycles. The summed E-state index contributed by atoms with van der Waals surface area (Å²) in [5, 5.41) is 9.08. The Morgan fingerprint density at radius 1 is 1.32 bits per heavy atom. The Hall–Kier alpha value is -2.56. The van der Waals surface area contributed by atoms with Crippen LogP contribution in [0, 0.1) is 12.7 Å². The van der Waals surface area contributed by atoms with Crippen molar-refractivity contribution in [3.63, 3.8) is 0 Å². The summed E-state index contributed by atoms with van der Waals surface area (Å²) in [5.74, 6) is -1.64. The fourth-order valence-electron chi connectivity index (χ4n) is 1.69. The number of carboxylic acids is 1. The molecule has 3 N–H and O–H groups in total. The molecule has 0 amide bonds. The van der Waals surface area contributed by atoms with Gasteiger partial charge in [0.05, 0.1) is 5.69 Å². The van der Waals surface area contributed by atoms with Crippen LogP contribution in [0.2, 0.25) is 0 Å². The van der Waals surface area contributed by atoms with Crippen LogP contribution >= 0.6 is 0 Å². The lowest BCUT2D eigenvalue weighted by molar-refractivity contribution is 0.0695. The molecular weight excluding hydrogens is 249 g/mol. The summed E-state index contributed by atoms with van der Waals surface area (Å²) in [6.45, 7) is 1.88. The quantitative estimate of drug-likeness (QED) is 0.832. The number of benzene rings is 2. The highest BCUT2D eigenvalue weighted by Crippen LogP contribution is 2.31. The van der Waals surface area contributed by atoms with E-state index >= 15 is 0 Å². The molecule has 0 radical (unpaired) electrons. The topological polar surface area (TPSA) is 72.5 Å². The first-order valence-corrected chi connectivity index (χ1v) is 5.55. The minimum absolute atomic E-state index is 0.0111. The molecule has 5 heteroatoms. The molecule has 2 aromatic rings. The highest BCUT2D eigenvalue weighted by molar-refractivity contribution is 5.97. The average Bonchev–Trinajstić information content (AvgIpc) is 2.33. The second-order valence-electron chi connectivity index (χ2n) is 4.06. The van der Waals surface area contributed by atoms with Crippen molar-refractivity contribution in [1.29, 1.82) is 0 Å². The third-order valence-corrected chi connectivity index (χ3v) is 2.59. The Bertz CT molecular complexity index is 641. The van der Waals surface area contributed by atoms with Crippen molar-refractivity contribution < 1.29 is 19.0 Å². The van der Waals surface area contributed by atoms with Crippen molar-refractivity contribution in [2.24, 2.45) is 0 Å². The zero-order valence-corrected chi connectivity index (χ0v) is 10.2. The molecule has 0 aliphatic carbocycles. The van der Waals surface area contributed by atoms with Gasteiger partial charge in [-0.1, -0.05) is 12.1 Å². The largest absolute Gasteiger partial charge is 0.477 e. The molecule has 0 saturated carbocycles. The van der Waals surface area contributed by atoms with Gasteiger partial charge in [0.25, 0.3) is 0 Å². The first-order valence-electron chi connectivity index (χ1n) is 5.55. The number of ether oxygens (including phenoxy) is 1. The first kappa shape index (κ1) is 12.9. The first-order chi connectivity index (χ1) is 8.99. The van der Waals surface area contributed by atoms with E-state index in [2.05, 4.69) is 0 Å². The third kappa shape index (κ3) is 2.65. The van der Waals surface area contributed by atoms with E-state index in [0.717, 1.165) is 11.6 Å². The van der Waals surface area contributed by atoms with E-state index in [1.54, 1.807) is 18.2 Å². The van der Waals surface area contributed by atoms with Crippen LogP contribution in [0.25, 0.3) is 0 Å². The molecule has 0 heterocycles. The van der Waals surface area contributed by atoms with Crippen molar-refractivity contribution in [1.82, 2.24) is 0 Å². The van der Waals surface area contributed by atoms with E-state index in [1.165, 1.54) is 6.07 Å². The third-order valence-electron chi connectivity index (χ3n) is 2.59. The van der Waals surface area contributed by atoms with Crippen molar-refractivity contribution in [2.45, 2.75) is 6.92 Å². The molecule has 2 aromatic carbocycles. The second-order valence-corrected chi connectivity index (χ2v) is 4.06. The molecule has 0 atom stereocenters. The van der Waals surface area contributed by atoms with Crippen LogP contribution < -0.4 is 10.5 Å². The lowest BCUT2D eigenvalue weighted by Gasteiger charge is -2.11. The molecule has 98 valence electrons. The number of aryl methyl sites for hydroxylation is 1. The number of carboxylic acid groups (broad SMARTS) is 1. The molecule has 0 unspecified atom stereocenters. The Balaban J connectivity index is 2.46. The lowest BCUT2D eigenvalue weighted by atomic mass is 10.1. The molecule has 0 fully saturated rings. The molecule has 0 aromatic heterocycles. The molecule has 0 bridgehead atoms. The second kappa shape index (κ2) is 4.97. The fourth-order valence-corrected chi connectivity index (χ4v) is 1.69. The van der Waals surface area contributed by atoms with E-state index in [-0.39, 0.29) is 11.3 Å². The van der Waals surface area contributed by atoms with Gasteiger partial charge in [-0.15, -0.1) is 0 Å². The summed E-state index contributed by atoms with van der Waals surface area (Å²) in [7, 11) is 0. The van der Waals surface area contributed by atoms with Crippen molar-refractivity contribution in [3.05, 3.63) is 53.3 Å². The van der Waals surface area contributed by atoms with Gasteiger partial charge in [-0.3, -0.25) is 0 Å². The smallest absolute Gasteiger partial charge is 0.341 e. The summed E-state index contributed by atoms with van der Waals surface area (Å²) in [4.78, 5) is 11.1. The van der Waals surface area contributed by atoms with Crippen molar-refractivity contribution in [3.8, 4) is 11.5 Å². The summed E-state index contributed by atoms with van der Waals surface area (Å²) in [5.41, 5.74) is 5.59. The Labute approximate surface area is 109 Å². The standard InChI is InChI=1S/C14H12FNO3/c1-8-3-2-4-9(7-8)19-11-6-5-10(15)13(16)12(11)14(17)18/h2-7H,16H2,1H3,(H,17,18). The Morgan fingerprint density at radius 2 is 2.05 bits per heavy atom. The highest BCUT2D eigenvalue weighted by atomic mass is 19.1. The van der Waals surface area contributed by atoms with Gasteiger partial charge in [0, 0.05) is 0 Å². The van der Waals surface area contributed by atoms with Crippen LogP contribution in [-0.4, -0.2) is 11.1 Å². The molecule has 0 aliphatic rings. The van der Waals surface area contributed by atoms with Gasteiger partial charge in [-0.2, -0.15) is 0 Å². The van der Waals surface area contributed by atoms with Gasteiger partial charge in [0.1, 0.15) is 22.9 Å². The summed E-state index contributed by atoms with van der Waals surface area (Å²) in [6.07, 6.45) is 0. The van der Waals surface area contributed by atoms with Crippen LogP contribution in [0.4, 0.5) is 10.1 Å². The van der Waals surface area contributed by atoms with Crippen LogP contribution in [0.3, 0.4) is 0 Å². The predicted molar refractivity (Wildman–Crippen MR) is 69.0 cm³/mol. The molecule has 0 aliphatic heterocycles. The number of anilines is 1. The fraction of sp³-hybridized carbons (Fsp3) is 0.0714. The summed E-state index contributed by atoms with van der Waals surface area (Å²) < 4.78 is 18.7. The zero-order chi connectivity index (χ0) is 14.0. The molecule has 0 spiro atoms. The number of nitrogens with two attached hydrogens (primary N) is 1. The molecule has 2 rings (SSSR count). The van der Waals surface area contributed by atoms with Gasteiger partial charge in [0.15, 0.2) is 0 Å². The van der Waals surface area contributed by atoms with Crippen molar-refractivity contribution >= 4 is 11.7 Å². The van der Waals surface area contributed by atoms with Gasteiger partial charge < -0.3 is 15.6 Å². The van der Waals surface area contributed by atoms with Crippen LogP contribution in [0.5, 0.6) is 11.5 Å². The van der Waals surface area contributed by atoms with Gasteiger partial charge in [-0.05, 0) is 36.8 Å². The maximum absolute atomic E-state index is 13.3. The molecule has 4 nitrogen and oxygen atoms in total. The zero-order valence-electron chi connectivity index (χ0n) is 10.2. The number of hydrogen-bond acceptors (Lipinski definition) is 3. The number of carbonyl (C=O) groups is 1. The lowest BCUT2D eigenvalue weighted by Crippen LogP contribution is -2.07. The molecular formula is C14H12FNO3. The average molecular weight is 261 g/mol. The molecule has 19 heavy (non-hydrogen) atoms. The summed E-state index contributed by atoms with van der Waals surface area (Å²) >= 11 is 0. The van der Waals surface area contributed by atoms with Crippen LogP contribution in [-0.2, 0) is 0 Å². The van der Waals surface area contributed by atoms with Crippen molar-refractivity contribution in [2.75, 3.05) is 5.73 Å². The Morgan fingerprint density at radius 3 is 2.68 bits per heavy atom. The van der Waals surface area contributed by atoms with Gasteiger partial charge in [0.2, 0.25) is 0 Å². The van der Waals surface area contributed by atoms with Gasteiger partial charge in [-0.25, -0.2) is 9.18 Å². The normalized spacial score (nSPS) is 10.2.